The third kappa shape index (κ3) is 3.60. The first kappa shape index (κ1) is 12.0. The fourth-order valence-corrected chi connectivity index (χ4v) is 1.15. The molecule has 0 aromatic carbocycles. The van der Waals surface area contributed by atoms with Crippen LogP contribution in [0, 0.1) is 0 Å². The number of nitrogens with one attached hydrogen (secondary N) is 1. The van der Waals surface area contributed by atoms with Crippen LogP contribution in [0.1, 0.15) is 5.56 Å². The number of rotatable bonds is 4. The van der Waals surface area contributed by atoms with E-state index in [1.165, 1.54) is 7.05 Å². The minimum absolute atomic E-state index is 0.321. The number of amides is 2. The SMILES string of the molecule is CN(CC(=O)O)C(=O)NCc1cnn(C)c1. The van der Waals surface area contributed by atoms with Crippen LogP contribution in [0.2, 0.25) is 0 Å². The average Bonchev–Trinajstić information content (AvgIpc) is 2.59. The maximum absolute atomic E-state index is 11.4. The molecule has 1 aromatic heterocycles. The number of hydrogen-bond donors (Lipinski definition) is 2. The first-order valence-corrected chi connectivity index (χ1v) is 4.67. The van der Waals surface area contributed by atoms with Gasteiger partial charge in [0.15, 0.2) is 0 Å². The zero-order valence-electron chi connectivity index (χ0n) is 9.17. The molecule has 0 unspecified atom stereocenters. The molecule has 88 valence electrons. The van der Waals surface area contributed by atoms with Crippen molar-refractivity contribution in [3.63, 3.8) is 0 Å². The zero-order chi connectivity index (χ0) is 12.1. The predicted octanol–water partition coefficient (Wildman–Crippen LogP) is -0.354. The molecule has 0 atom stereocenters. The van der Waals surface area contributed by atoms with Crippen LogP contribution in [0.25, 0.3) is 0 Å². The van der Waals surface area contributed by atoms with Crippen molar-refractivity contribution in [2.45, 2.75) is 6.54 Å². The second-order valence-corrected chi connectivity index (χ2v) is 3.43. The van der Waals surface area contributed by atoms with E-state index in [-0.39, 0.29) is 6.54 Å². The van der Waals surface area contributed by atoms with Crippen LogP contribution < -0.4 is 5.32 Å². The van der Waals surface area contributed by atoms with Crippen molar-refractivity contribution in [1.82, 2.24) is 20.0 Å². The highest BCUT2D eigenvalue weighted by Gasteiger charge is 2.11. The van der Waals surface area contributed by atoms with Crippen molar-refractivity contribution in [2.75, 3.05) is 13.6 Å². The van der Waals surface area contributed by atoms with Crippen LogP contribution in [-0.2, 0) is 18.4 Å². The topological polar surface area (TPSA) is 87.5 Å². The molecule has 0 bridgehead atoms. The van der Waals surface area contributed by atoms with E-state index >= 15 is 0 Å². The third-order valence-corrected chi connectivity index (χ3v) is 1.92. The Balaban J connectivity index is 2.37. The Morgan fingerprint density at radius 3 is 2.81 bits per heavy atom. The Bertz CT molecular complexity index is 388. The first-order chi connectivity index (χ1) is 7.49. The quantitative estimate of drug-likeness (QED) is 0.734. The summed E-state index contributed by atoms with van der Waals surface area (Å²) in [6.45, 7) is 0.00943. The van der Waals surface area contributed by atoms with Crippen LogP contribution in [0.5, 0.6) is 0 Å². The largest absolute Gasteiger partial charge is 0.480 e. The summed E-state index contributed by atoms with van der Waals surface area (Å²) in [4.78, 5) is 22.8. The molecule has 7 nitrogen and oxygen atoms in total. The number of aromatic nitrogens is 2. The molecule has 2 amide bonds. The molecular formula is C9H14N4O3. The fourth-order valence-electron chi connectivity index (χ4n) is 1.15. The van der Waals surface area contributed by atoms with E-state index in [0.29, 0.717) is 6.54 Å². The van der Waals surface area contributed by atoms with Gasteiger partial charge in [0.2, 0.25) is 0 Å². The Hall–Kier alpha value is -2.05. The molecule has 0 saturated heterocycles. The Kier molecular flexibility index (Phi) is 3.87. The molecule has 2 N–H and O–H groups in total. The molecule has 16 heavy (non-hydrogen) atoms. The summed E-state index contributed by atoms with van der Waals surface area (Å²) in [6.07, 6.45) is 3.41. The van der Waals surface area contributed by atoms with Crippen LogP contribution in [0.3, 0.4) is 0 Å². The number of aliphatic carboxylic acids is 1. The summed E-state index contributed by atoms with van der Waals surface area (Å²) >= 11 is 0. The molecule has 7 heteroatoms. The van der Waals surface area contributed by atoms with E-state index in [1.807, 2.05) is 0 Å². The van der Waals surface area contributed by atoms with E-state index in [4.69, 9.17) is 5.11 Å². The van der Waals surface area contributed by atoms with Gasteiger partial charge >= 0.3 is 12.0 Å². The molecule has 0 fully saturated rings. The molecule has 1 heterocycles. The number of carboxylic acid groups (broad SMARTS) is 1. The molecule has 1 rings (SSSR count). The standard InChI is InChI=1S/C9H14N4O3/c1-12(6-8(14)15)9(16)10-3-7-4-11-13(2)5-7/h4-5H,3,6H2,1-2H3,(H,10,16)(H,14,15). The van der Waals surface area contributed by atoms with Crippen molar-refractivity contribution in [3.8, 4) is 0 Å². The second kappa shape index (κ2) is 5.15. The fraction of sp³-hybridized carbons (Fsp3) is 0.444. The van der Waals surface area contributed by atoms with Gasteiger partial charge in [-0.3, -0.25) is 9.48 Å². The number of nitrogens with zero attached hydrogens (tertiary/aromatic N) is 3. The Morgan fingerprint density at radius 2 is 2.31 bits per heavy atom. The molecule has 0 spiro atoms. The summed E-state index contributed by atoms with van der Waals surface area (Å²) in [6, 6.07) is -0.425. The lowest BCUT2D eigenvalue weighted by atomic mass is 10.4. The van der Waals surface area contributed by atoms with Crippen molar-refractivity contribution in [2.24, 2.45) is 7.05 Å². The van der Waals surface area contributed by atoms with E-state index in [1.54, 1.807) is 24.1 Å². The van der Waals surface area contributed by atoms with E-state index < -0.39 is 12.0 Å². The van der Waals surface area contributed by atoms with Crippen molar-refractivity contribution >= 4 is 12.0 Å². The van der Waals surface area contributed by atoms with Crippen molar-refractivity contribution in [3.05, 3.63) is 18.0 Å². The maximum Gasteiger partial charge on any atom is 0.323 e. The molecule has 0 saturated carbocycles. The van der Waals surface area contributed by atoms with Crippen molar-refractivity contribution < 1.29 is 14.7 Å². The van der Waals surface area contributed by atoms with Gasteiger partial charge in [-0.15, -0.1) is 0 Å². The molecule has 0 aliphatic heterocycles. The summed E-state index contributed by atoms with van der Waals surface area (Å²) in [5.74, 6) is -1.04. The smallest absolute Gasteiger partial charge is 0.323 e. The number of carbonyl (C=O) groups is 2. The second-order valence-electron chi connectivity index (χ2n) is 3.43. The highest BCUT2D eigenvalue weighted by Crippen LogP contribution is 1.95. The van der Waals surface area contributed by atoms with Gasteiger partial charge in [-0.1, -0.05) is 0 Å². The van der Waals surface area contributed by atoms with Gasteiger partial charge in [0.25, 0.3) is 0 Å². The zero-order valence-corrected chi connectivity index (χ0v) is 9.17. The highest BCUT2D eigenvalue weighted by atomic mass is 16.4. The van der Waals surface area contributed by atoms with Gasteiger partial charge in [-0.2, -0.15) is 5.10 Å². The minimum Gasteiger partial charge on any atom is -0.480 e. The van der Waals surface area contributed by atoms with Gasteiger partial charge in [-0.05, 0) is 0 Å². The minimum atomic E-state index is -1.04. The number of likely N-dealkylation sites (N-methyl/N-ethyl adjacent to an activating group) is 1. The van der Waals surface area contributed by atoms with E-state index in [9.17, 15) is 9.59 Å². The number of carbonyl (C=O) groups excluding carboxylic acids is 1. The Morgan fingerprint density at radius 1 is 1.62 bits per heavy atom. The lowest BCUT2D eigenvalue weighted by molar-refractivity contribution is -0.137. The van der Waals surface area contributed by atoms with E-state index in [0.717, 1.165) is 10.5 Å². The summed E-state index contributed by atoms with van der Waals surface area (Å²) in [5, 5.41) is 15.0. The highest BCUT2D eigenvalue weighted by molar-refractivity contribution is 5.79. The van der Waals surface area contributed by atoms with Gasteiger partial charge in [-0.25, -0.2) is 4.79 Å². The van der Waals surface area contributed by atoms with Crippen LogP contribution in [0.15, 0.2) is 12.4 Å². The third-order valence-electron chi connectivity index (χ3n) is 1.92. The molecule has 1 aromatic rings. The van der Waals surface area contributed by atoms with Gasteiger partial charge < -0.3 is 15.3 Å². The average molecular weight is 226 g/mol. The van der Waals surface area contributed by atoms with Crippen LogP contribution in [0.4, 0.5) is 4.79 Å². The molecule has 0 aliphatic rings. The number of aryl methyl sites for hydroxylation is 1. The van der Waals surface area contributed by atoms with Gasteiger partial charge in [0, 0.05) is 32.4 Å². The number of carboxylic acids is 1. The number of hydrogen-bond acceptors (Lipinski definition) is 3. The monoisotopic (exact) mass is 226 g/mol. The van der Waals surface area contributed by atoms with E-state index in [2.05, 4.69) is 10.4 Å². The lowest BCUT2D eigenvalue weighted by Gasteiger charge is -2.14. The Labute approximate surface area is 92.7 Å². The maximum atomic E-state index is 11.4. The van der Waals surface area contributed by atoms with Gasteiger partial charge in [0.1, 0.15) is 6.54 Å². The van der Waals surface area contributed by atoms with Gasteiger partial charge in [0.05, 0.1) is 6.20 Å². The predicted molar refractivity (Wildman–Crippen MR) is 55.7 cm³/mol. The summed E-state index contributed by atoms with van der Waals surface area (Å²) < 4.78 is 1.63. The molecular weight excluding hydrogens is 212 g/mol. The lowest BCUT2D eigenvalue weighted by Crippen LogP contribution is -2.39. The first-order valence-electron chi connectivity index (χ1n) is 4.67. The molecule has 0 aliphatic carbocycles. The molecule has 0 radical (unpaired) electrons. The normalized spacial score (nSPS) is 9.88. The summed E-state index contributed by atoms with van der Waals surface area (Å²) in [5.41, 5.74) is 0.861. The van der Waals surface area contributed by atoms with Crippen LogP contribution >= 0.6 is 0 Å². The number of urea groups is 1. The van der Waals surface area contributed by atoms with Crippen molar-refractivity contribution in [1.29, 1.82) is 0 Å². The summed E-state index contributed by atoms with van der Waals surface area (Å²) in [7, 11) is 3.20. The van der Waals surface area contributed by atoms with Crippen LogP contribution in [-0.4, -0.2) is 45.4 Å².